The highest BCUT2D eigenvalue weighted by molar-refractivity contribution is 6.20. The van der Waals surface area contributed by atoms with Gasteiger partial charge < -0.3 is 5.11 Å². The van der Waals surface area contributed by atoms with Crippen LogP contribution in [0.15, 0.2) is 29.8 Å². The summed E-state index contributed by atoms with van der Waals surface area (Å²) >= 11 is 0. The number of ketones is 1. The summed E-state index contributed by atoms with van der Waals surface area (Å²) in [5.41, 5.74) is 0.606. The van der Waals surface area contributed by atoms with Gasteiger partial charge in [-0.05, 0) is 0 Å². The van der Waals surface area contributed by atoms with Crippen molar-refractivity contribution in [1.82, 2.24) is 0 Å². The van der Waals surface area contributed by atoms with Gasteiger partial charge in [0.2, 0.25) is 0 Å². The molecular weight excluding hydrogens is 204 g/mol. The number of benzene rings is 1. The number of aliphatic hydroxyl groups is 1. The first-order valence-electron chi connectivity index (χ1n) is 4.57. The van der Waals surface area contributed by atoms with Crippen LogP contribution < -0.4 is 0 Å². The molecule has 1 N–H and O–H groups in total. The Morgan fingerprint density at radius 3 is 2.19 bits per heavy atom. The zero-order chi connectivity index (χ0) is 11.7. The van der Waals surface area contributed by atoms with Crippen LogP contribution in [-0.2, 0) is 0 Å². The van der Waals surface area contributed by atoms with E-state index in [1.54, 1.807) is 36.4 Å². The number of allylic oxidation sites excluding steroid dienone is 1. The molecule has 1 aromatic carbocycles. The van der Waals surface area contributed by atoms with Crippen LogP contribution in [0, 0.1) is 28.6 Å². The Hall–Kier alpha value is -2.59. The van der Waals surface area contributed by atoms with Crippen LogP contribution >= 0.6 is 0 Å². The van der Waals surface area contributed by atoms with Gasteiger partial charge in [-0.25, -0.2) is 0 Å². The van der Waals surface area contributed by atoms with Crippen molar-refractivity contribution in [2.45, 2.75) is 0 Å². The summed E-state index contributed by atoms with van der Waals surface area (Å²) in [7, 11) is 0. The summed E-state index contributed by atoms with van der Waals surface area (Å²) in [6.07, 6.45) is 0. The predicted octanol–water partition coefficient (Wildman–Crippen LogP) is 1.82. The average molecular weight is 210 g/mol. The fourth-order valence-electron chi connectivity index (χ4n) is 1.71. The van der Waals surface area contributed by atoms with Gasteiger partial charge in [-0.15, -0.1) is 0 Å². The maximum Gasteiger partial charge on any atom is 0.195 e. The van der Waals surface area contributed by atoms with E-state index in [9.17, 15) is 9.90 Å². The van der Waals surface area contributed by atoms with Gasteiger partial charge in [-0.2, -0.15) is 10.5 Å². The third kappa shape index (κ3) is 1.18. The van der Waals surface area contributed by atoms with E-state index in [1.165, 1.54) is 0 Å². The fraction of sp³-hybridized carbons (Fsp3) is 0.0833. The second-order valence-electron chi connectivity index (χ2n) is 3.33. The number of hydrogen-bond acceptors (Lipinski definition) is 4. The third-order valence-corrected chi connectivity index (χ3v) is 2.47. The van der Waals surface area contributed by atoms with Gasteiger partial charge >= 0.3 is 0 Å². The Morgan fingerprint density at radius 2 is 1.69 bits per heavy atom. The first-order valence-corrected chi connectivity index (χ1v) is 4.57. The van der Waals surface area contributed by atoms with E-state index in [-0.39, 0.29) is 11.3 Å². The molecule has 0 bridgehead atoms. The lowest BCUT2D eigenvalue weighted by molar-refractivity contribution is 0.103. The predicted molar refractivity (Wildman–Crippen MR) is 55.0 cm³/mol. The minimum absolute atomic E-state index is 0.119. The molecule has 0 radical (unpaired) electrons. The van der Waals surface area contributed by atoms with E-state index in [1.807, 2.05) is 0 Å². The van der Waals surface area contributed by atoms with Crippen LogP contribution in [0.2, 0.25) is 0 Å². The second-order valence-corrected chi connectivity index (χ2v) is 3.33. The first kappa shape index (κ1) is 9.95. The van der Waals surface area contributed by atoms with E-state index in [2.05, 4.69) is 0 Å². The molecule has 0 heterocycles. The van der Waals surface area contributed by atoms with Crippen molar-refractivity contribution in [3.05, 3.63) is 41.0 Å². The monoisotopic (exact) mass is 210 g/mol. The summed E-state index contributed by atoms with van der Waals surface area (Å²) < 4.78 is 0. The van der Waals surface area contributed by atoms with Crippen molar-refractivity contribution in [3.63, 3.8) is 0 Å². The average Bonchev–Trinajstić information content (AvgIpc) is 2.57. The van der Waals surface area contributed by atoms with E-state index < -0.39 is 11.7 Å². The summed E-state index contributed by atoms with van der Waals surface area (Å²) in [6, 6.07) is 9.87. The largest absolute Gasteiger partial charge is 0.507 e. The topological polar surface area (TPSA) is 84.9 Å². The Bertz CT molecular complexity index is 574. The molecule has 4 heteroatoms. The Balaban J connectivity index is 2.62. The van der Waals surface area contributed by atoms with Gasteiger partial charge in [0.15, 0.2) is 11.7 Å². The van der Waals surface area contributed by atoms with Crippen molar-refractivity contribution in [2.24, 2.45) is 5.92 Å². The number of nitrogens with zero attached hydrogens (tertiary/aromatic N) is 2. The Kier molecular flexibility index (Phi) is 2.19. The van der Waals surface area contributed by atoms with E-state index in [0.717, 1.165) is 0 Å². The summed E-state index contributed by atoms with van der Waals surface area (Å²) in [5, 5.41) is 27.3. The van der Waals surface area contributed by atoms with Crippen molar-refractivity contribution >= 4 is 11.5 Å². The van der Waals surface area contributed by atoms with E-state index >= 15 is 0 Å². The van der Waals surface area contributed by atoms with Crippen LogP contribution in [0.1, 0.15) is 15.9 Å². The lowest BCUT2D eigenvalue weighted by Crippen LogP contribution is -2.07. The number of rotatable bonds is 1. The van der Waals surface area contributed by atoms with Gasteiger partial charge in [0.1, 0.15) is 5.76 Å². The molecule has 4 nitrogen and oxygen atoms in total. The molecule has 0 atom stereocenters. The quantitative estimate of drug-likeness (QED) is 0.765. The minimum Gasteiger partial charge on any atom is -0.507 e. The smallest absolute Gasteiger partial charge is 0.195 e. The maximum absolute atomic E-state index is 11.8. The number of fused-ring (bicyclic) bond motifs is 1. The number of aliphatic hydroxyl groups excluding tert-OH is 1. The third-order valence-electron chi connectivity index (χ3n) is 2.47. The minimum atomic E-state index is -1.22. The van der Waals surface area contributed by atoms with Gasteiger partial charge in [-0.3, -0.25) is 4.79 Å². The van der Waals surface area contributed by atoms with Gasteiger partial charge in [0.05, 0.1) is 17.7 Å². The van der Waals surface area contributed by atoms with Crippen LogP contribution in [0.25, 0.3) is 5.76 Å². The molecule has 0 amide bonds. The summed E-state index contributed by atoms with van der Waals surface area (Å²) in [5.74, 6) is -1.92. The van der Waals surface area contributed by atoms with Crippen molar-refractivity contribution in [1.29, 1.82) is 10.5 Å². The molecule has 1 aromatic rings. The van der Waals surface area contributed by atoms with Gasteiger partial charge in [0, 0.05) is 11.1 Å². The van der Waals surface area contributed by atoms with Crippen LogP contribution in [0.5, 0.6) is 0 Å². The lowest BCUT2D eigenvalue weighted by atomic mass is 9.99. The fourth-order valence-corrected chi connectivity index (χ4v) is 1.71. The molecule has 1 aliphatic rings. The molecule has 0 saturated heterocycles. The van der Waals surface area contributed by atoms with Crippen molar-refractivity contribution in [3.8, 4) is 12.1 Å². The number of Topliss-reactive ketones (excluding diaryl/α,β-unsaturated/α-hetero) is 1. The molecule has 76 valence electrons. The maximum atomic E-state index is 11.8. The SMILES string of the molecule is N#CC(C#N)C1=C(O)c2ccccc2C1=O. The number of carbonyl (C=O) groups excluding carboxylic acids is 1. The number of hydrogen-bond donors (Lipinski definition) is 1. The van der Waals surface area contributed by atoms with Crippen molar-refractivity contribution in [2.75, 3.05) is 0 Å². The number of carbonyl (C=O) groups is 1. The normalized spacial score (nSPS) is 13.6. The standard InChI is InChI=1S/C12H6N2O2/c13-5-7(6-14)10-11(15)8-3-1-2-4-9(8)12(10)16/h1-4,7,15H. The molecule has 0 aliphatic heterocycles. The Labute approximate surface area is 91.7 Å². The zero-order valence-corrected chi connectivity index (χ0v) is 8.14. The highest BCUT2D eigenvalue weighted by Crippen LogP contribution is 2.34. The first-order chi connectivity index (χ1) is 7.70. The van der Waals surface area contributed by atoms with Crippen LogP contribution in [-0.4, -0.2) is 10.9 Å². The highest BCUT2D eigenvalue weighted by atomic mass is 16.3. The molecule has 16 heavy (non-hydrogen) atoms. The Morgan fingerprint density at radius 1 is 1.12 bits per heavy atom. The highest BCUT2D eigenvalue weighted by Gasteiger charge is 2.34. The van der Waals surface area contributed by atoms with Crippen LogP contribution in [0.3, 0.4) is 0 Å². The lowest BCUT2D eigenvalue weighted by Gasteiger charge is -1.99. The second kappa shape index (κ2) is 3.52. The summed E-state index contributed by atoms with van der Waals surface area (Å²) in [6.45, 7) is 0. The zero-order valence-electron chi connectivity index (χ0n) is 8.14. The van der Waals surface area contributed by atoms with E-state index in [4.69, 9.17) is 10.5 Å². The molecule has 0 unspecified atom stereocenters. The van der Waals surface area contributed by atoms with Gasteiger partial charge in [0.25, 0.3) is 0 Å². The molecule has 0 spiro atoms. The molecule has 0 saturated carbocycles. The van der Waals surface area contributed by atoms with Crippen molar-refractivity contribution < 1.29 is 9.90 Å². The molecule has 0 fully saturated rings. The number of nitriles is 2. The van der Waals surface area contributed by atoms with Gasteiger partial charge in [-0.1, -0.05) is 24.3 Å². The molecule has 0 aromatic heterocycles. The van der Waals surface area contributed by atoms with E-state index in [0.29, 0.717) is 11.1 Å². The summed E-state index contributed by atoms with van der Waals surface area (Å²) in [4.78, 5) is 11.8. The molecular formula is C12H6N2O2. The van der Waals surface area contributed by atoms with Crippen LogP contribution in [0.4, 0.5) is 0 Å². The molecule has 2 rings (SSSR count). The molecule has 1 aliphatic carbocycles.